The molecule has 1 N–H and O–H groups in total. The average molecular weight is 465 g/mol. The smallest absolute Gasteiger partial charge is 0.259 e. The lowest BCUT2D eigenvalue weighted by molar-refractivity contribution is -0.125. The van der Waals surface area contributed by atoms with Crippen LogP contribution in [0.1, 0.15) is 39.2 Å². The molecular formula is C25H28N4O3S. The monoisotopic (exact) mass is 464 g/mol. The van der Waals surface area contributed by atoms with E-state index in [0.29, 0.717) is 35.5 Å². The maximum Gasteiger partial charge on any atom is 0.259 e. The number of amides is 2. The Morgan fingerprint density at radius 1 is 1.18 bits per heavy atom. The molecule has 0 bridgehead atoms. The fourth-order valence-corrected chi connectivity index (χ4v) is 4.85. The lowest BCUT2D eigenvalue weighted by atomic mass is 10.0. The van der Waals surface area contributed by atoms with Crippen LogP contribution in [-0.4, -0.2) is 46.1 Å². The van der Waals surface area contributed by atoms with E-state index in [1.807, 2.05) is 31.2 Å². The van der Waals surface area contributed by atoms with Gasteiger partial charge in [-0.1, -0.05) is 44.7 Å². The van der Waals surface area contributed by atoms with Gasteiger partial charge < -0.3 is 10.1 Å². The largest absolute Gasteiger partial charge is 0.497 e. The molecule has 0 aromatic heterocycles. The minimum atomic E-state index is -0.426. The number of methoxy groups -OCH3 is 1. The molecule has 2 atom stereocenters. The molecular weight excluding hydrogens is 436 g/mol. The van der Waals surface area contributed by atoms with Crippen LogP contribution in [0.4, 0.5) is 11.4 Å². The number of aliphatic imine (C=N–C) groups is 2. The minimum absolute atomic E-state index is 0.0788. The highest BCUT2D eigenvalue weighted by Gasteiger charge is 2.42. The summed E-state index contributed by atoms with van der Waals surface area (Å²) in [6.07, 6.45) is 1.26. The zero-order valence-electron chi connectivity index (χ0n) is 19.2. The second kappa shape index (κ2) is 9.79. The first-order valence-corrected chi connectivity index (χ1v) is 12.0. The number of amidine groups is 2. The topological polar surface area (TPSA) is 83.4 Å². The molecule has 2 aliphatic heterocycles. The van der Waals surface area contributed by atoms with Gasteiger partial charge in [0.25, 0.3) is 5.91 Å². The minimum Gasteiger partial charge on any atom is -0.497 e. The van der Waals surface area contributed by atoms with Gasteiger partial charge in [-0.05, 0) is 55.2 Å². The number of hydrogen-bond donors (Lipinski definition) is 1. The van der Waals surface area contributed by atoms with Crippen molar-refractivity contribution in [1.82, 2.24) is 4.90 Å². The van der Waals surface area contributed by atoms with Crippen molar-refractivity contribution in [3.63, 3.8) is 0 Å². The number of para-hydroxylation sites is 1. The van der Waals surface area contributed by atoms with E-state index in [-0.39, 0.29) is 11.8 Å². The van der Waals surface area contributed by atoms with Gasteiger partial charge in [0, 0.05) is 11.3 Å². The van der Waals surface area contributed by atoms with Crippen LogP contribution in [-0.2, 0) is 9.59 Å². The van der Waals surface area contributed by atoms with Crippen LogP contribution in [0.5, 0.6) is 5.75 Å². The Morgan fingerprint density at radius 2 is 1.91 bits per heavy atom. The zero-order valence-corrected chi connectivity index (χ0v) is 20.1. The summed E-state index contributed by atoms with van der Waals surface area (Å²) in [6.45, 7) is 6.11. The van der Waals surface area contributed by atoms with E-state index < -0.39 is 11.3 Å². The third-order valence-electron chi connectivity index (χ3n) is 5.51. The molecule has 0 fully saturated rings. The number of nitrogens with zero attached hydrogens (tertiary/aromatic N) is 3. The van der Waals surface area contributed by atoms with Gasteiger partial charge in [-0.25, -0.2) is 9.89 Å². The molecule has 33 heavy (non-hydrogen) atoms. The maximum atomic E-state index is 13.3. The number of thioether (sulfide) groups is 1. The first-order valence-electron chi connectivity index (χ1n) is 11.1. The van der Waals surface area contributed by atoms with Crippen molar-refractivity contribution in [2.75, 3.05) is 12.4 Å². The second-order valence-electron chi connectivity index (χ2n) is 8.42. The van der Waals surface area contributed by atoms with Crippen LogP contribution >= 0.6 is 11.8 Å². The van der Waals surface area contributed by atoms with E-state index in [9.17, 15) is 9.59 Å². The van der Waals surface area contributed by atoms with Gasteiger partial charge in [0.05, 0.1) is 18.0 Å². The summed E-state index contributed by atoms with van der Waals surface area (Å²) in [4.78, 5) is 37.5. The molecule has 0 saturated heterocycles. The van der Waals surface area contributed by atoms with E-state index in [2.05, 4.69) is 19.2 Å². The van der Waals surface area contributed by atoms with Crippen molar-refractivity contribution in [3.05, 3.63) is 54.1 Å². The van der Waals surface area contributed by atoms with Crippen LogP contribution in [0, 0.1) is 5.92 Å². The molecule has 0 spiro atoms. The molecule has 2 heterocycles. The van der Waals surface area contributed by atoms with E-state index in [1.165, 1.54) is 11.8 Å². The Labute approximate surface area is 198 Å². The van der Waals surface area contributed by atoms with Crippen LogP contribution < -0.4 is 10.1 Å². The molecule has 0 radical (unpaired) electrons. The number of rotatable bonds is 7. The van der Waals surface area contributed by atoms with Gasteiger partial charge >= 0.3 is 0 Å². The second-order valence-corrected chi connectivity index (χ2v) is 9.59. The lowest BCUT2D eigenvalue weighted by Gasteiger charge is -2.27. The SMILES string of the molecule is CC[C@@H](SC1=Nc2ccccc2C2=N[C@H](CC(C)C)C(=O)N12)C(=O)Nc1ccc(OC)cc1. The number of benzene rings is 2. The van der Waals surface area contributed by atoms with E-state index in [4.69, 9.17) is 14.7 Å². The predicted octanol–water partition coefficient (Wildman–Crippen LogP) is 4.85. The van der Waals surface area contributed by atoms with Crippen molar-refractivity contribution in [1.29, 1.82) is 0 Å². The molecule has 2 aromatic rings. The molecule has 2 aliphatic rings. The summed E-state index contributed by atoms with van der Waals surface area (Å²) in [7, 11) is 1.60. The number of nitrogens with one attached hydrogen (secondary N) is 1. The highest BCUT2D eigenvalue weighted by atomic mass is 32.2. The van der Waals surface area contributed by atoms with E-state index >= 15 is 0 Å². The fraction of sp³-hybridized carbons (Fsp3) is 0.360. The number of anilines is 1. The number of carbonyl (C=O) groups is 2. The summed E-state index contributed by atoms with van der Waals surface area (Å²) >= 11 is 1.30. The Kier molecular flexibility index (Phi) is 6.83. The number of ether oxygens (including phenoxy) is 1. The van der Waals surface area contributed by atoms with Gasteiger partial charge in [-0.15, -0.1) is 0 Å². The average Bonchev–Trinajstić information content (AvgIpc) is 3.13. The zero-order chi connectivity index (χ0) is 23.5. The van der Waals surface area contributed by atoms with Crippen molar-refractivity contribution in [2.24, 2.45) is 15.9 Å². The van der Waals surface area contributed by atoms with Gasteiger partial charge in [0.2, 0.25) is 5.91 Å². The van der Waals surface area contributed by atoms with Crippen molar-refractivity contribution in [3.8, 4) is 5.75 Å². The Balaban J connectivity index is 1.59. The van der Waals surface area contributed by atoms with Crippen LogP contribution in [0.2, 0.25) is 0 Å². The molecule has 2 aromatic carbocycles. The molecule has 8 heteroatoms. The number of hydrogen-bond acceptors (Lipinski definition) is 6. The highest BCUT2D eigenvalue weighted by Crippen LogP contribution is 2.36. The number of carbonyl (C=O) groups excluding carboxylic acids is 2. The molecule has 2 amide bonds. The van der Waals surface area contributed by atoms with Gasteiger partial charge in [-0.2, -0.15) is 0 Å². The maximum absolute atomic E-state index is 13.3. The standard InChI is InChI=1S/C25H28N4O3S/c1-5-21(23(30)26-16-10-12-17(32-4)13-11-16)33-25-28-19-9-7-6-8-18(19)22-27-20(14-15(2)3)24(31)29(22)25/h6-13,15,20-21H,5,14H2,1-4H3,(H,26,30)/t20-,21-/m1/s1. The van der Waals surface area contributed by atoms with Crippen LogP contribution in [0.15, 0.2) is 58.5 Å². The third-order valence-corrected chi connectivity index (χ3v) is 6.83. The Morgan fingerprint density at radius 3 is 2.58 bits per heavy atom. The van der Waals surface area contributed by atoms with Crippen LogP contribution in [0.25, 0.3) is 0 Å². The molecule has 172 valence electrons. The summed E-state index contributed by atoms with van der Waals surface area (Å²) in [5, 5.41) is 3.03. The first kappa shape index (κ1) is 23.0. The van der Waals surface area contributed by atoms with Crippen molar-refractivity contribution < 1.29 is 14.3 Å². The van der Waals surface area contributed by atoms with Crippen LogP contribution in [0.3, 0.4) is 0 Å². The molecule has 7 nitrogen and oxygen atoms in total. The predicted molar refractivity (Wildman–Crippen MR) is 133 cm³/mol. The van der Waals surface area contributed by atoms with Gasteiger partial charge in [0.1, 0.15) is 17.6 Å². The summed E-state index contributed by atoms with van der Waals surface area (Å²) < 4.78 is 5.17. The van der Waals surface area contributed by atoms with Gasteiger partial charge in [0.15, 0.2) is 5.17 Å². The van der Waals surface area contributed by atoms with Gasteiger partial charge in [-0.3, -0.25) is 14.6 Å². The first-order chi connectivity index (χ1) is 15.9. The fourth-order valence-electron chi connectivity index (χ4n) is 3.83. The summed E-state index contributed by atoms with van der Waals surface area (Å²) in [6, 6.07) is 14.5. The quantitative estimate of drug-likeness (QED) is 0.635. The lowest BCUT2D eigenvalue weighted by Crippen LogP contribution is -2.42. The Bertz CT molecular complexity index is 1110. The molecule has 0 aliphatic carbocycles. The molecule has 0 saturated carbocycles. The summed E-state index contributed by atoms with van der Waals surface area (Å²) in [5.41, 5.74) is 2.29. The molecule has 0 unspecified atom stereocenters. The molecule has 4 rings (SSSR count). The van der Waals surface area contributed by atoms with E-state index in [0.717, 1.165) is 17.0 Å². The van der Waals surface area contributed by atoms with E-state index in [1.54, 1.807) is 36.3 Å². The Hall–Kier alpha value is -3.13. The van der Waals surface area contributed by atoms with Crippen molar-refractivity contribution in [2.45, 2.75) is 44.9 Å². The van der Waals surface area contributed by atoms with Crippen molar-refractivity contribution >= 4 is 46.0 Å². The number of fused-ring (bicyclic) bond motifs is 3. The third kappa shape index (κ3) is 4.80. The highest BCUT2D eigenvalue weighted by molar-refractivity contribution is 8.15. The normalized spacial score (nSPS) is 17.8. The summed E-state index contributed by atoms with van der Waals surface area (Å²) in [5.74, 6) is 1.47.